The lowest BCUT2D eigenvalue weighted by molar-refractivity contribution is 0.171. The third-order valence-corrected chi connectivity index (χ3v) is 3.65. The van der Waals surface area contributed by atoms with E-state index in [2.05, 4.69) is 48.7 Å². The van der Waals surface area contributed by atoms with Gasteiger partial charge in [-0.2, -0.15) is 12.6 Å². The number of nitrogens with zero attached hydrogens (tertiary/aromatic N) is 1. The van der Waals surface area contributed by atoms with Crippen molar-refractivity contribution >= 4 is 12.6 Å². The molecular weight excluding hydrogens is 242 g/mol. The van der Waals surface area contributed by atoms with Gasteiger partial charge in [-0.25, -0.2) is 0 Å². The summed E-state index contributed by atoms with van der Waals surface area (Å²) in [7, 11) is 0. The van der Waals surface area contributed by atoms with Gasteiger partial charge in [0.25, 0.3) is 0 Å². The molecule has 0 aromatic heterocycles. The van der Waals surface area contributed by atoms with Gasteiger partial charge < -0.3 is 5.11 Å². The average molecular weight is 267 g/mol. The van der Waals surface area contributed by atoms with Crippen LogP contribution in [0.15, 0.2) is 30.3 Å². The highest BCUT2D eigenvalue weighted by atomic mass is 32.1. The second kappa shape index (κ2) is 9.42. The fraction of sp³-hybridized carbons (Fsp3) is 0.600. The van der Waals surface area contributed by atoms with Gasteiger partial charge in [0, 0.05) is 19.6 Å². The van der Waals surface area contributed by atoms with Crippen LogP contribution < -0.4 is 0 Å². The first-order valence-corrected chi connectivity index (χ1v) is 7.41. The molecule has 0 saturated heterocycles. The Morgan fingerprint density at radius 2 is 2.00 bits per heavy atom. The SMILES string of the molecule is CCCC(CS)CN(CCO)Cc1ccccc1. The van der Waals surface area contributed by atoms with Crippen LogP contribution in [0, 0.1) is 5.92 Å². The van der Waals surface area contributed by atoms with E-state index in [0.717, 1.165) is 25.4 Å². The van der Waals surface area contributed by atoms with Crippen molar-refractivity contribution < 1.29 is 5.11 Å². The quantitative estimate of drug-likeness (QED) is 0.672. The first-order chi connectivity index (χ1) is 8.80. The van der Waals surface area contributed by atoms with E-state index < -0.39 is 0 Å². The lowest BCUT2D eigenvalue weighted by Crippen LogP contribution is -2.32. The largest absolute Gasteiger partial charge is 0.395 e. The second-order valence-electron chi connectivity index (χ2n) is 4.78. The van der Waals surface area contributed by atoms with Crippen molar-refractivity contribution in [2.45, 2.75) is 26.3 Å². The first kappa shape index (κ1) is 15.5. The number of hydrogen-bond acceptors (Lipinski definition) is 3. The molecule has 102 valence electrons. The molecule has 18 heavy (non-hydrogen) atoms. The van der Waals surface area contributed by atoms with E-state index in [1.54, 1.807) is 0 Å². The van der Waals surface area contributed by atoms with Gasteiger partial charge in [0.15, 0.2) is 0 Å². The topological polar surface area (TPSA) is 23.5 Å². The van der Waals surface area contributed by atoms with Crippen molar-refractivity contribution in [2.24, 2.45) is 5.92 Å². The number of hydrogen-bond donors (Lipinski definition) is 2. The van der Waals surface area contributed by atoms with Crippen LogP contribution in [0.5, 0.6) is 0 Å². The molecule has 1 unspecified atom stereocenters. The van der Waals surface area contributed by atoms with Gasteiger partial charge in [-0.15, -0.1) is 0 Å². The maximum atomic E-state index is 9.17. The van der Waals surface area contributed by atoms with E-state index >= 15 is 0 Å². The van der Waals surface area contributed by atoms with E-state index in [-0.39, 0.29) is 6.61 Å². The Balaban J connectivity index is 2.53. The van der Waals surface area contributed by atoms with Crippen molar-refractivity contribution in [2.75, 3.05) is 25.4 Å². The zero-order valence-electron chi connectivity index (χ0n) is 11.3. The van der Waals surface area contributed by atoms with Crippen LogP contribution in [0.1, 0.15) is 25.3 Å². The second-order valence-corrected chi connectivity index (χ2v) is 5.15. The number of aliphatic hydroxyl groups is 1. The van der Waals surface area contributed by atoms with Gasteiger partial charge >= 0.3 is 0 Å². The molecule has 1 aromatic carbocycles. The molecule has 0 aliphatic heterocycles. The normalized spacial score (nSPS) is 12.9. The minimum atomic E-state index is 0.220. The van der Waals surface area contributed by atoms with Crippen molar-refractivity contribution in [3.05, 3.63) is 35.9 Å². The molecule has 0 saturated carbocycles. The van der Waals surface area contributed by atoms with Gasteiger partial charge in [0.2, 0.25) is 0 Å². The average Bonchev–Trinajstić information content (AvgIpc) is 2.39. The smallest absolute Gasteiger partial charge is 0.0558 e. The maximum Gasteiger partial charge on any atom is 0.0558 e. The number of rotatable bonds is 9. The summed E-state index contributed by atoms with van der Waals surface area (Å²) in [5, 5.41) is 9.17. The van der Waals surface area contributed by atoms with Crippen molar-refractivity contribution in [1.29, 1.82) is 0 Å². The third-order valence-electron chi connectivity index (χ3n) is 3.14. The van der Waals surface area contributed by atoms with Crippen LogP contribution in [0.2, 0.25) is 0 Å². The van der Waals surface area contributed by atoms with Crippen LogP contribution in [0.25, 0.3) is 0 Å². The standard InChI is InChI=1S/C15H25NOS/c1-2-6-15(13-18)12-16(9-10-17)11-14-7-4-3-5-8-14/h3-5,7-8,15,17-18H,2,6,9-13H2,1H3. The summed E-state index contributed by atoms with van der Waals surface area (Å²) < 4.78 is 0. The zero-order valence-corrected chi connectivity index (χ0v) is 12.1. The molecule has 1 N–H and O–H groups in total. The Bertz CT molecular complexity index is 305. The van der Waals surface area contributed by atoms with E-state index in [0.29, 0.717) is 5.92 Å². The predicted octanol–water partition coefficient (Wildman–Crippen LogP) is 2.83. The monoisotopic (exact) mass is 267 g/mol. The highest BCUT2D eigenvalue weighted by Crippen LogP contribution is 2.13. The summed E-state index contributed by atoms with van der Waals surface area (Å²) in [5.74, 6) is 1.54. The molecule has 0 heterocycles. The molecular formula is C15H25NOS. The Morgan fingerprint density at radius 1 is 1.28 bits per heavy atom. The first-order valence-electron chi connectivity index (χ1n) is 6.78. The van der Waals surface area contributed by atoms with Gasteiger partial charge in [-0.1, -0.05) is 43.7 Å². The molecule has 0 radical (unpaired) electrons. The maximum absolute atomic E-state index is 9.17. The molecule has 0 bridgehead atoms. The Hall–Kier alpha value is -0.510. The fourth-order valence-electron chi connectivity index (χ4n) is 2.23. The lowest BCUT2D eigenvalue weighted by Gasteiger charge is -2.26. The molecule has 3 heteroatoms. The Labute approximate surface area is 116 Å². The Kier molecular flexibility index (Phi) is 8.14. The van der Waals surface area contributed by atoms with Crippen LogP contribution in [-0.2, 0) is 6.54 Å². The Morgan fingerprint density at radius 3 is 2.56 bits per heavy atom. The summed E-state index contributed by atoms with van der Waals surface area (Å²) >= 11 is 4.43. The zero-order chi connectivity index (χ0) is 13.2. The molecule has 0 fully saturated rings. The van der Waals surface area contributed by atoms with Crippen LogP contribution in [0.3, 0.4) is 0 Å². The van der Waals surface area contributed by atoms with Crippen molar-refractivity contribution in [3.8, 4) is 0 Å². The molecule has 0 amide bonds. The highest BCUT2D eigenvalue weighted by molar-refractivity contribution is 7.80. The predicted molar refractivity (Wildman–Crippen MR) is 81.1 cm³/mol. The van der Waals surface area contributed by atoms with Gasteiger partial charge in [-0.3, -0.25) is 4.90 Å². The molecule has 1 atom stereocenters. The van der Waals surface area contributed by atoms with Gasteiger partial charge in [-0.05, 0) is 23.7 Å². The molecule has 1 rings (SSSR count). The van der Waals surface area contributed by atoms with Crippen LogP contribution in [0.4, 0.5) is 0 Å². The highest BCUT2D eigenvalue weighted by Gasteiger charge is 2.12. The van der Waals surface area contributed by atoms with E-state index in [1.807, 2.05) is 6.07 Å². The number of aliphatic hydroxyl groups excluding tert-OH is 1. The van der Waals surface area contributed by atoms with Crippen molar-refractivity contribution in [1.82, 2.24) is 4.90 Å². The molecule has 2 nitrogen and oxygen atoms in total. The summed E-state index contributed by atoms with van der Waals surface area (Å²) in [6.07, 6.45) is 2.41. The molecule has 0 aliphatic carbocycles. The van der Waals surface area contributed by atoms with Gasteiger partial charge in [0.05, 0.1) is 6.61 Å². The molecule has 0 spiro atoms. The van der Waals surface area contributed by atoms with E-state index in [9.17, 15) is 0 Å². The van der Waals surface area contributed by atoms with Gasteiger partial charge in [0.1, 0.15) is 0 Å². The van der Waals surface area contributed by atoms with Crippen LogP contribution >= 0.6 is 12.6 Å². The summed E-state index contributed by atoms with van der Waals surface area (Å²) in [4.78, 5) is 2.33. The summed E-state index contributed by atoms with van der Waals surface area (Å²) in [6, 6.07) is 10.4. The van der Waals surface area contributed by atoms with Crippen LogP contribution in [-0.4, -0.2) is 35.5 Å². The van der Waals surface area contributed by atoms with E-state index in [4.69, 9.17) is 5.11 Å². The molecule has 1 aromatic rings. The fourth-order valence-corrected chi connectivity index (χ4v) is 2.53. The third kappa shape index (κ3) is 5.89. The lowest BCUT2D eigenvalue weighted by atomic mass is 10.0. The number of benzene rings is 1. The molecule has 0 aliphatic rings. The summed E-state index contributed by atoms with van der Waals surface area (Å²) in [6.45, 7) is 5.10. The summed E-state index contributed by atoms with van der Waals surface area (Å²) in [5.41, 5.74) is 1.31. The van der Waals surface area contributed by atoms with Crippen molar-refractivity contribution in [3.63, 3.8) is 0 Å². The van der Waals surface area contributed by atoms with E-state index in [1.165, 1.54) is 18.4 Å². The minimum Gasteiger partial charge on any atom is -0.395 e. The minimum absolute atomic E-state index is 0.220. The number of thiol groups is 1.